The van der Waals surface area contributed by atoms with Crippen molar-refractivity contribution in [3.8, 4) is 0 Å². The van der Waals surface area contributed by atoms with E-state index >= 15 is 0 Å². The summed E-state index contributed by atoms with van der Waals surface area (Å²) in [6.07, 6.45) is 1.31. The first kappa shape index (κ1) is 14.3. The number of hydrogen-bond donors (Lipinski definition) is 0. The summed E-state index contributed by atoms with van der Waals surface area (Å²) >= 11 is 9.68. The molecule has 0 aliphatic carbocycles. The number of benzene rings is 1. The van der Waals surface area contributed by atoms with Crippen LogP contribution in [0.5, 0.6) is 0 Å². The van der Waals surface area contributed by atoms with Gasteiger partial charge >= 0.3 is 0 Å². The van der Waals surface area contributed by atoms with E-state index in [1.807, 2.05) is 6.07 Å². The molecular formula is C14H20BrClN2. The van der Waals surface area contributed by atoms with Crippen molar-refractivity contribution in [1.29, 1.82) is 0 Å². The van der Waals surface area contributed by atoms with E-state index in [0.717, 1.165) is 28.5 Å². The molecule has 4 heteroatoms. The molecule has 1 heterocycles. The number of hydrogen-bond acceptors (Lipinski definition) is 2. The lowest BCUT2D eigenvalue weighted by Crippen LogP contribution is -2.27. The second-order valence-corrected chi connectivity index (χ2v) is 6.67. The van der Waals surface area contributed by atoms with E-state index in [2.05, 4.69) is 52.0 Å². The zero-order valence-corrected chi connectivity index (χ0v) is 13.3. The van der Waals surface area contributed by atoms with Crippen LogP contribution in [-0.2, 0) is 6.54 Å². The van der Waals surface area contributed by atoms with Crippen LogP contribution in [0, 0.1) is 5.92 Å². The van der Waals surface area contributed by atoms with Crippen molar-refractivity contribution in [3.05, 3.63) is 33.3 Å². The van der Waals surface area contributed by atoms with E-state index in [9.17, 15) is 0 Å². The molecule has 1 fully saturated rings. The van der Waals surface area contributed by atoms with Crippen molar-refractivity contribution in [1.82, 2.24) is 9.80 Å². The summed E-state index contributed by atoms with van der Waals surface area (Å²) in [4.78, 5) is 4.78. The first-order chi connectivity index (χ1) is 8.54. The molecule has 1 aliphatic rings. The minimum atomic E-state index is 0.800. The molecule has 18 heavy (non-hydrogen) atoms. The van der Waals surface area contributed by atoms with Crippen molar-refractivity contribution in [3.63, 3.8) is 0 Å². The molecule has 1 saturated heterocycles. The number of rotatable bonds is 4. The molecule has 1 atom stereocenters. The summed E-state index contributed by atoms with van der Waals surface area (Å²) in [6, 6.07) is 6.12. The van der Waals surface area contributed by atoms with Crippen LogP contribution in [0.25, 0.3) is 0 Å². The molecule has 1 aromatic carbocycles. The summed E-state index contributed by atoms with van der Waals surface area (Å²) in [7, 11) is 4.38. The van der Waals surface area contributed by atoms with E-state index < -0.39 is 0 Å². The smallest absolute Gasteiger partial charge is 0.0462 e. The van der Waals surface area contributed by atoms with Gasteiger partial charge in [-0.15, -0.1) is 0 Å². The standard InChI is InChI=1S/C14H20BrClN2/c1-17-6-5-11(8-17)9-18(2)10-12-3-4-13(15)7-14(12)16/h3-4,7,11H,5-6,8-10H2,1-2H3. The molecule has 0 saturated carbocycles. The third kappa shape index (κ3) is 3.95. The highest BCUT2D eigenvalue weighted by Gasteiger charge is 2.20. The fourth-order valence-electron chi connectivity index (χ4n) is 2.62. The monoisotopic (exact) mass is 330 g/mol. The molecule has 0 bridgehead atoms. The fraction of sp³-hybridized carbons (Fsp3) is 0.571. The number of likely N-dealkylation sites (tertiary alicyclic amines) is 1. The van der Waals surface area contributed by atoms with Crippen LogP contribution in [0.4, 0.5) is 0 Å². The van der Waals surface area contributed by atoms with Crippen LogP contribution >= 0.6 is 27.5 Å². The van der Waals surface area contributed by atoms with E-state index in [1.54, 1.807) is 0 Å². The normalized spacial score (nSPS) is 20.8. The molecular weight excluding hydrogens is 312 g/mol. The fourth-order valence-corrected chi connectivity index (χ4v) is 3.35. The molecule has 1 aromatic rings. The minimum absolute atomic E-state index is 0.800. The molecule has 100 valence electrons. The molecule has 1 unspecified atom stereocenters. The van der Waals surface area contributed by atoms with Crippen molar-refractivity contribution in [2.45, 2.75) is 13.0 Å². The predicted molar refractivity (Wildman–Crippen MR) is 81.1 cm³/mol. The van der Waals surface area contributed by atoms with Gasteiger partial charge < -0.3 is 9.80 Å². The molecule has 0 N–H and O–H groups in total. The number of halogens is 2. The summed E-state index contributed by atoms with van der Waals surface area (Å²) in [5.74, 6) is 0.800. The van der Waals surface area contributed by atoms with Crippen molar-refractivity contribution in [2.75, 3.05) is 33.7 Å². The first-order valence-corrected chi connectivity index (χ1v) is 7.52. The van der Waals surface area contributed by atoms with Gasteiger partial charge in [0.15, 0.2) is 0 Å². The van der Waals surface area contributed by atoms with Crippen LogP contribution in [0.2, 0.25) is 5.02 Å². The maximum absolute atomic E-state index is 6.25. The number of nitrogens with zero attached hydrogens (tertiary/aromatic N) is 2. The van der Waals surface area contributed by atoms with E-state index in [4.69, 9.17) is 11.6 Å². The van der Waals surface area contributed by atoms with Crippen LogP contribution in [0.15, 0.2) is 22.7 Å². The molecule has 0 spiro atoms. The highest BCUT2D eigenvalue weighted by Crippen LogP contribution is 2.23. The van der Waals surface area contributed by atoms with Crippen LogP contribution in [-0.4, -0.2) is 43.5 Å². The van der Waals surface area contributed by atoms with Gasteiger partial charge in [-0.2, -0.15) is 0 Å². The third-order valence-corrected chi connectivity index (χ3v) is 4.36. The van der Waals surface area contributed by atoms with Gasteiger partial charge in [0.25, 0.3) is 0 Å². The van der Waals surface area contributed by atoms with Crippen LogP contribution < -0.4 is 0 Å². The molecule has 0 amide bonds. The summed E-state index contributed by atoms with van der Waals surface area (Å²) in [5, 5.41) is 0.847. The maximum atomic E-state index is 6.25. The Hall–Kier alpha value is -0.0900. The Morgan fingerprint density at radius 2 is 2.28 bits per heavy atom. The molecule has 0 aromatic heterocycles. The van der Waals surface area contributed by atoms with Crippen molar-refractivity contribution >= 4 is 27.5 Å². The summed E-state index contributed by atoms with van der Waals surface area (Å²) < 4.78 is 1.04. The SMILES string of the molecule is CN1CCC(CN(C)Cc2ccc(Br)cc2Cl)C1. The van der Waals surface area contributed by atoms with Gasteiger partial charge in [0.05, 0.1) is 0 Å². The van der Waals surface area contributed by atoms with Gasteiger partial charge in [-0.3, -0.25) is 0 Å². The molecule has 1 aliphatic heterocycles. The lowest BCUT2D eigenvalue weighted by atomic mass is 10.1. The van der Waals surface area contributed by atoms with Gasteiger partial charge in [0.1, 0.15) is 0 Å². The van der Waals surface area contributed by atoms with E-state index in [-0.39, 0.29) is 0 Å². The van der Waals surface area contributed by atoms with Gasteiger partial charge in [0.2, 0.25) is 0 Å². The van der Waals surface area contributed by atoms with E-state index in [1.165, 1.54) is 25.1 Å². The van der Waals surface area contributed by atoms with Crippen LogP contribution in [0.1, 0.15) is 12.0 Å². The zero-order chi connectivity index (χ0) is 13.1. The molecule has 2 nitrogen and oxygen atoms in total. The Kier molecular flexibility index (Phi) is 5.07. The lowest BCUT2D eigenvalue weighted by Gasteiger charge is -2.21. The molecule has 0 radical (unpaired) electrons. The Morgan fingerprint density at radius 3 is 2.89 bits per heavy atom. The van der Waals surface area contributed by atoms with Gasteiger partial charge in [-0.05, 0) is 50.7 Å². The summed E-state index contributed by atoms with van der Waals surface area (Å²) in [6.45, 7) is 4.53. The Balaban J connectivity index is 1.88. The highest BCUT2D eigenvalue weighted by atomic mass is 79.9. The maximum Gasteiger partial charge on any atom is 0.0462 e. The lowest BCUT2D eigenvalue weighted by molar-refractivity contribution is 0.267. The molecule has 2 rings (SSSR count). The topological polar surface area (TPSA) is 6.48 Å². The highest BCUT2D eigenvalue weighted by molar-refractivity contribution is 9.10. The van der Waals surface area contributed by atoms with Crippen LogP contribution in [0.3, 0.4) is 0 Å². The quantitative estimate of drug-likeness (QED) is 0.833. The first-order valence-electron chi connectivity index (χ1n) is 6.35. The Morgan fingerprint density at radius 1 is 1.50 bits per heavy atom. The third-order valence-electron chi connectivity index (χ3n) is 3.51. The van der Waals surface area contributed by atoms with Gasteiger partial charge in [-0.1, -0.05) is 33.6 Å². The second-order valence-electron chi connectivity index (χ2n) is 5.35. The Bertz CT molecular complexity index is 411. The van der Waals surface area contributed by atoms with Crippen molar-refractivity contribution in [2.24, 2.45) is 5.92 Å². The van der Waals surface area contributed by atoms with Gasteiger partial charge in [-0.25, -0.2) is 0 Å². The zero-order valence-electron chi connectivity index (χ0n) is 11.0. The second kappa shape index (κ2) is 6.38. The van der Waals surface area contributed by atoms with E-state index in [0.29, 0.717) is 0 Å². The largest absolute Gasteiger partial charge is 0.306 e. The average molecular weight is 332 g/mol. The minimum Gasteiger partial charge on any atom is -0.306 e. The van der Waals surface area contributed by atoms with Gasteiger partial charge in [0, 0.05) is 29.1 Å². The Labute approximate surface area is 123 Å². The summed E-state index contributed by atoms with van der Waals surface area (Å²) in [5.41, 5.74) is 1.20. The predicted octanol–water partition coefficient (Wildman–Crippen LogP) is 3.49. The van der Waals surface area contributed by atoms with Crippen molar-refractivity contribution < 1.29 is 0 Å². The average Bonchev–Trinajstić information content (AvgIpc) is 2.68.